The van der Waals surface area contributed by atoms with Crippen LogP contribution in [-0.2, 0) is 0 Å². The minimum atomic E-state index is 0.524. The highest BCUT2D eigenvalue weighted by Crippen LogP contribution is 2.35. The fourth-order valence-corrected chi connectivity index (χ4v) is 3.43. The average Bonchev–Trinajstić information content (AvgIpc) is 3.23. The Kier molecular flexibility index (Phi) is 4.42. The van der Waals surface area contributed by atoms with Crippen LogP contribution in [0.3, 0.4) is 0 Å². The van der Waals surface area contributed by atoms with E-state index in [0.29, 0.717) is 11.4 Å². The van der Waals surface area contributed by atoms with Crippen molar-refractivity contribution in [2.24, 2.45) is 0 Å². The summed E-state index contributed by atoms with van der Waals surface area (Å²) in [5.41, 5.74) is 3.76. The minimum absolute atomic E-state index is 0.524. The second-order valence-electron chi connectivity index (χ2n) is 5.57. The summed E-state index contributed by atoms with van der Waals surface area (Å²) in [4.78, 5) is 10.1. The molecule has 0 amide bonds. The lowest BCUT2D eigenvalue weighted by atomic mass is 10.1. The van der Waals surface area contributed by atoms with Gasteiger partial charge in [-0.25, -0.2) is 4.98 Å². The zero-order valence-corrected chi connectivity index (χ0v) is 14.6. The van der Waals surface area contributed by atoms with Crippen LogP contribution in [-0.4, -0.2) is 9.97 Å². The summed E-state index contributed by atoms with van der Waals surface area (Å²) in [5, 5.41) is 15.1. The molecule has 4 rings (SSSR count). The van der Waals surface area contributed by atoms with Crippen molar-refractivity contribution >= 4 is 22.8 Å². The molecule has 0 unspecified atom stereocenters. The molecule has 0 aliphatic carbocycles. The zero-order chi connectivity index (χ0) is 17.8. The van der Waals surface area contributed by atoms with E-state index in [1.807, 2.05) is 72.1 Å². The monoisotopic (exact) mass is 354 g/mol. The SMILES string of the molecule is N#Cc1c(-c2cccs2)cc(-c2ccccn2)nc1Nc1ccccc1. The Hall–Kier alpha value is -3.49. The first-order chi connectivity index (χ1) is 12.8. The second-order valence-corrected chi connectivity index (χ2v) is 6.52. The van der Waals surface area contributed by atoms with Crippen LogP contribution < -0.4 is 5.32 Å². The lowest BCUT2D eigenvalue weighted by Gasteiger charge is -2.13. The van der Waals surface area contributed by atoms with E-state index in [1.165, 1.54) is 0 Å². The number of thiophene rings is 1. The minimum Gasteiger partial charge on any atom is -0.339 e. The highest BCUT2D eigenvalue weighted by Gasteiger charge is 2.16. The lowest BCUT2D eigenvalue weighted by molar-refractivity contribution is 1.23. The van der Waals surface area contributed by atoms with Gasteiger partial charge in [0.2, 0.25) is 0 Å². The molecule has 0 bridgehead atoms. The fourth-order valence-electron chi connectivity index (χ4n) is 2.68. The quantitative estimate of drug-likeness (QED) is 0.526. The third-order valence-corrected chi connectivity index (χ3v) is 4.78. The normalized spacial score (nSPS) is 10.3. The molecule has 0 radical (unpaired) electrons. The van der Waals surface area contributed by atoms with Crippen molar-refractivity contribution in [1.29, 1.82) is 5.26 Å². The molecule has 0 saturated carbocycles. The number of aromatic nitrogens is 2. The second kappa shape index (κ2) is 7.18. The molecule has 4 nitrogen and oxygen atoms in total. The number of anilines is 2. The predicted molar refractivity (Wildman–Crippen MR) is 105 cm³/mol. The third kappa shape index (κ3) is 3.18. The highest BCUT2D eigenvalue weighted by molar-refractivity contribution is 7.13. The number of rotatable bonds is 4. The largest absolute Gasteiger partial charge is 0.339 e. The smallest absolute Gasteiger partial charge is 0.149 e. The van der Waals surface area contributed by atoms with Crippen LogP contribution in [0.4, 0.5) is 11.5 Å². The molecule has 0 spiro atoms. The fraction of sp³-hybridized carbons (Fsp3) is 0. The van der Waals surface area contributed by atoms with Crippen molar-refractivity contribution < 1.29 is 0 Å². The van der Waals surface area contributed by atoms with Crippen LogP contribution >= 0.6 is 11.3 Å². The number of benzene rings is 1. The maximum atomic E-state index is 9.80. The Balaban J connectivity index is 1.91. The topological polar surface area (TPSA) is 61.6 Å². The Labute approximate surface area is 155 Å². The number of nitriles is 1. The summed E-state index contributed by atoms with van der Waals surface area (Å²) in [6.07, 6.45) is 1.74. The van der Waals surface area contributed by atoms with Crippen LogP contribution in [0.25, 0.3) is 21.8 Å². The number of hydrogen-bond acceptors (Lipinski definition) is 5. The van der Waals surface area contributed by atoms with E-state index >= 15 is 0 Å². The first-order valence-corrected chi connectivity index (χ1v) is 8.95. The summed E-state index contributed by atoms with van der Waals surface area (Å²) in [6.45, 7) is 0. The van der Waals surface area contributed by atoms with Gasteiger partial charge in [-0.15, -0.1) is 11.3 Å². The van der Waals surface area contributed by atoms with Crippen molar-refractivity contribution in [1.82, 2.24) is 9.97 Å². The van der Waals surface area contributed by atoms with Crippen molar-refractivity contribution in [3.05, 3.63) is 83.9 Å². The third-order valence-electron chi connectivity index (χ3n) is 3.88. The molecule has 0 fully saturated rings. The molecule has 3 aromatic heterocycles. The molecule has 1 N–H and O–H groups in total. The molecular weight excluding hydrogens is 340 g/mol. The molecule has 0 aliphatic rings. The molecule has 0 atom stereocenters. The number of pyridine rings is 2. The maximum absolute atomic E-state index is 9.80. The predicted octanol–water partition coefficient (Wildman–Crippen LogP) is 5.49. The van der Waals surface area contributed by atoms with Gasteiger partial charge in [-0.1, -0.05) is 30.3 Å². The van der Waals surface area contributed by atoms with Crippen molar-refractivity contribution in [2.45, 2.75) is 0 Å². The summed E-state index contributed by atoms with van der Waals surface area (Å²) in [7, 11) is 0. The number of nitrogens with one attached hydrogen (secondary N) is 1. The summed E-state index contributed by atoms with van der Waals surface area (Å²) >= 11 is 1.60. The van der Waals surface area contributed by atoms with Gasteiger partial charge in [-0.2, -0.15) is 5.26 Å². The maximum Gasteiger partial charge on any atom is 0.149 e. The van der Waals surface area contributed by atoms with Gasteiger partial charge in [0, 0.05) is 22.3 Å². The zero-order valence-electron chi connectivity index (χ0n) is 13.8. The standard InChI is InChI=1S/C21H14N4S/c22-14-17-16(20-10-6-12-26-20)13-19(18-9-4-5-11-23-18)25-21(17)24-15-7-2-1-3-8-15/h1-13H,(H,24,25). The van der Waals surface area contributed by atoms with Crippen LogP contribution in [0.2, 0.25) is 0 Å². The van der Waals surface area contributed by atoms with Gasteiger partial charge in [0.25, 0.3) is 0 Å². The van der Waals surface area contributed by atoms with Gasteiger partial charge in [-0.3, -0.25) is 4.98 Å². The molecule has 124 valence electrons. The van der Waals surface area contributed by atoms with Crippen LogP contribution in [0, 0.1) is 11.3 Å². The van der Waals surface area contributed by atoms with Gasteiger partial charge in [0.15, 0.2) is 0 Å². The molecule has 3 heterocycles. The van der Waals surface area contributed by atoms with E-state index < -0.39 is 0 Å². The van der Waals surface area contributed by atoms with E-state index in [1.54, 1.807) is 17.5 Å². The molecule has 26 heavy (non-hydrogen) atoms. The van der Waals surface area contributed by atoms with Gasteiger partial charge in [0.05, 0.1) is 11.4 Å². The van der Waals surface area contributed by atoms with Crippen LogP contribution in [0.5, 0.6) is 0 Å². The molecule has 5 heteroatoms. The van der Waals surface area contributed by atoms with Gasteiger partial charge >= 0.3 is 0 Å². The Morgan fingerprint density at radius 2 is 1.77 bits per heavy atom. The number of nitrogens with zero attached hydrogens (tertiary/aromatic N) is 3. The van der Waals surface area contributed by atoms with E-state index in [9.17, 15) is 5.26 Å². The van der Waals surface area contributed by atoms with Crippen molar-refractivity contribution in [3.8, 4) is 27.9 Å². The summed E-state index contributed by atoms with van der Waals surface area (Å²) in [6, 6.07) is 23.7. The molecular formula is C21H14N4S. The lowest BCUT2D eigenvalue weighted by Crippen LogP contribution is -2.01. The van der Waals surface area contributed by atoms with E-state index in [0.717, 1.165) is 27.5 Å². The van der Waals surface area contributed by atoms with E-state index in [2.05, 4.69) is 21.4 Å². The Morgan fingerprint density at radius 3 is 2.46 bits per heavy atom. The average molecular weight is 354 g/mol. The molecule has 1 aromatic carbocycles. The first-order valence-electron chi connectivity index (χ1n) is 8.07. The van der Waals surface area contributed by atoms with Crippen LogP contribution in [0.1, 0.15) is 5.56 Å². The van der Waals surface area contributed by atoms with E-state index in [4.69, 9.17) is 0 Å². The van der Waals surface area contributed by atoms with E-state index in [-0.39, 0.29) is 0 Å². The summed E-state index contributed by atoms with van der Waals surface area (Å²) < 4.78 is 0. The highest BCUT2D eigenvalue weighted by atomic mass is 32.1. The van der Waals surface area contributed by atoms with Crippen LogP contribution in [0.15, 0.2) is 78.3 Å². The van der Waals surface area contributed by atoms with Gasteiger partial charge < -0.3 is 5.32 Å². The van der Waals surface area contributed by atoms with Crippen molar-refractivity contribution in [3.63, 3.8) is 0 Å². The molecule has 0 aliphatic heterocycles. The molecule has 4 aromatic rings. The van der Waals surface area contributed by atoms with Gasteiger partial charge in [0.1, 0.15) is 17.5 Å². The Bertz CT molecular complexity index is 1050. The number of para-hydroxylation sites is 1. The van der Waals surface area contributed by atoms with Crippen molar-refractivity contribution in [2.75, 3.05) is 5.32 Å². The Morgan fingerprint density at radius 1 is 0.923 bits per heavy atom. The summed E-state index contributed by atoms with van der Waals surface area (Å²) in [5.74, 6) is 0.533. The van der Waals surface area contributed by atoms with Gasteiger partial charge in [-0.05, 0) is 41.8 Å². The molecule has 0 saturated heterocycles. The number of hydrogen-bond donors (Lipinski definition) is 1. The first kappa shape index (κ1) is 16.0.